The Morgan fingerprint density at radius 2 is 1.82 bits per heavy atom. The van der Waals surface area contributed by atoms with E-state index in [2.05, 4.69) is 45.2 Å². The Labute approximate surface area is 165 Å². The summed E-state index contributed by atoms with van der Waals surface area (Å²) in [7, 11) is 0. The maximum absolute atomic E-state index is 6.38. The van der Waals surface area contributed by atoms with Crippen LogP contribution in [0.5, 0.6) is 5.88 Å². The fraction of sp³-hybridized carbons (Fsp3) is 0.391. The third-order valence-corrected chi connectivity index (χ3v) is 5.83. The van der Waals surface area contributed by atoms with Gasteiger partial charge < -0.3 is 14.4 Å². The Balaban J connectivity index is 1.30. The summed E-state index contributed by atoms with van der Waals surface area (Å²) in [6.07, 6.45) is 7.00. The van der Waals surface area contributed by atoms with E-state index in [0.29, 0.717) is 5.92 Å². The number of pyridine rings is 2. The second-order valence-corrected chi connectivity index (χ2v) is 7.65. The van der Waals surface area contributed by atoms with Gasteiger partial charge >= 0.3 is 0 Å². The van der Waals surface area contributed by atoms with Gasteiger partial charge in [-0.25, -0.2) is 9.97 Å². The van der Waals surface area contributed by atoms with Crippen LogP contribution in [0.15, 0.2) is 54.9 Å². The van der Waals surface area contributed by atoms with Crippen molar-refractivity contribution in [3.63, 3.8) is 0 Å². The van der Waals surface area contributed by atoms with E-state index >= 15 is 0 Å². The van der Waals surface area contributed by atoms with Crippen molar-refractivity contribution < 1.29 is 9.47 Å². The van der Waals surface area contributed by atoms with Crippen LogP contribution in [0.25, 0.3) is 10.8 Å². The van der Waals surface area contributed by atoms with Crippen LogP contribution in [0.1, 0.15) is 30.7 Å². The number of nitrogens with zero attached hydrogens (tertiary/aromatic N) is 3. The molecule has 5 rings (SSSR count). The standard InChI is InChI=1S/C23H25N3O2/c1-2-5-19-15-25-22(14-18(19)4-1)26-11-7-20(16-26)28-23-21(6-3-10-24-23)17-8-12-27-13-9-17/h1-6,10,14-15,17,20H,7-9,11-13,16H2/t20-/m1/s1. The maximum atomic E-state index is 6.38. The smallest absolute Gasteiger partial charge is 0.217 e. The van der Waals surface area contributed by atoms with E-state index < -0.39 is 0 Å². The van der Waals surface area contributed by atoms with Gasteiger partial charge in [0.25, 0.3) is 0 Å². The van der Waals surface area contributed by atoms with E-state index in [1.165, 1.54) is 16.3 Å². The first-order chi connectivity index (χ1) is 13.9. The molecule has 2 aromatic heterocycles. The van der Waals surface area contributed by atoms with Crippen LogP contribution in [-0.4, -0.2) is 42.4 Å². The van der Waals surface area contributed by atoms with Crippen molar-refractivity contribution in [1.29, 1.82) is 0 Å². The molecule has 5 heteroatoms. The fourth-order valence-electron chi connectivity index (χ4n) is 4.26. The number of fused-ring (bicyclic) bond motifs is 1. The lowest BCUT2D eigenvalue weighted by Crippen LogP contribution is -2.26. The quantitative estimate of drug-likeness (QED) is 0.685. The Morgan fingerprint density at radius 3 is 2.71 bits per heavy atom. The van der Waals surface area contributed by atoms with E-state index in [9.17, 15) is 0 Å². The molecule has 1 atom stereocenters. The highest BCUT2D eigenvalue weighted by atomic mass is 16.5. The third kappa shape index (κ3) is 3.54. The predicted molar refractivity (Wildman–Crippen MR) is 110 cm³/mol. The Bertz CT molecular complexity index is 955. The molecule has 0 unspecified atom stereocenters. The number of benzene rings is 1. The highest BCUT2D eigenvalue weighted by Gasteiger charge is 2.28. The van der Waals surface area contributed by atoms with Crippen LogP contribution >= 0.6 is 0 Å². The van der Waals surface area contributed by atoms with E-state index in [0.717, 1.165) is 57.3 Å². The molecule has 0 saturated carbocycles. The molecule has 1 aromatic carbocycles. The summed E-state index contributed by atoms with van der Waals surface area (Å²) in [6.45, 7) is 3.44. The van der Waals surface area contributed by atoms with Crippen molar-refractivity contribution in [3.05, 3.63) is 60.4 Å². The molecular weight excluding hydrogens is 350 g/mol. The van der Waals surface area contributed by atoms with Gasteiger partial charge in [-0.1, -0.05) is 30.3 Å². The molecule has 3 aromatic rings. The molecule has 0 bridgehead atoms. The Morgan fingerprint density at radius 1 is 0.964 bits per heavy atom. The normalized spacial score (nSPS) is 20.6. The minimum Gasteiger partial charge on any atom is -0.472 e. The van der Waals surface area contributed by atoms with Gasteiger partial charge in [0.1, 0.15) is 11.9 Å². The van der Waals surface area contributed by atoms with Gasteiger partial charge in [-0.2, -0.15) is 0 Å². The van der Waals surface area contributed by atoms with Gasteiger partial charge in [-0.3, -0.25) is 0 Å². The summed E-state index contributed by atoms with van der Waals surface area (Å²) in [4.78, 5) is 11.5. The van der Waals surface area contributed by atoms with Crippen molar-refractivity contribution in [2.75, 3.05) is 31.2 Å². The van der Waals surface area contributed by atoms with Gasteiger partial charge in [0.2, 0.25) is 5.88 Å². The second-order valence-electron chi connectivity index (χ2n) is 7.65. The summed E-state index contributed by atoms with van der Waals surface area (Å²) >= 11 is 0. The molecule has 0 amide bonds. The van der Waals surface area contributed by atoms with Crippen LogP contribution < -0.4 is 9.64 Å². The zero-order valence-corrected chi connectivity index (χ0v) is 16.0. The Kier molecular flexibility index (Phi) is 4.83. The molecule has 28 heavy (non-hydrogen) atoms. The van der Waals surface area contributed by atoms with Crippen LogP contribution in [0, 0.1) is 0 Å². The van der Waals surface area contributed by atoms with Crippen molar-refractivity contribution >= 4 is 16.6 Å². The van der Waals surface area contributed by atoms with Crippen LogP contribution in [-0.2, 0) is 4.74 Å². The average molecular weight is 375 g/mol. The number of hydrogen-bond donors (Lipinski definition) is 0. The highest BCUT2D eigenvalue weighted by Crippen LogP contribution is 2.33. The van der Waals surface area contributed by atoms with Crippen LogP contribution in [0.4, 0.5) is 5.82 Å². The zero-order chi connectivity index (χ0) is 18.8. The van der Waals surface area contributed by atoms with Gasteiger partial charge in [-0.15, -0.1) is 0 Å². The number of ether oxygens (including phenoxy) is 2. The summed E-state index contributed by atoms with van der Waals surface area (Å²) in [5.41, 5.74) is 1.23. The monoisotopic (exact) mass is 375 g/mol. The van der Waals surface area contributed by atoms with E-state index in [1.807, 2.05) is 24.5 Å². The van der Waals surface area contributed by atoms with E-state index in [4.69, 9.17) is 9.47 Å². The van der Waals surface area contributed by atoms with E-state index in [-0.39, 0.29) is 6.10 Å². The molecule has 144 valence electrons. The van der Waals surface area contributed by atoms with Gasteiger partial charge in [0.15, 0.2) is 0 Å². The van der Waals surface area contributed by atoms with Crippen LogP contribution in [0.3, 0.4) is 0 Å². The minimum atomic E-state index is 0.141. The lowest BCUT2D eigenvalue weighted by atomic mass is 9.92. The average Bonchev–Trinajstić information content (AvgIpc) is 3.23. The van der Waals surface area contributed by atoms with E-state index in [1.54, 1.807) is 0 Å². The van der Waals surface area contributed by atoms with Gasteiger partial charge in [0, 0.05) is 49.5 Å². The summed E-state index contributed by atoms with van der Waals surface area (Å²) in [5.74, 6) is 2.31. The van der Waals surface area contributed by atoms with Crippen LogP contribution in [0.2, 0.25) is 0 Å². The maximum Gasteiger partial charge on any atom is 0.217 e. The number of anilines is 1. The molecular formula is C23H25N3O2. The second kappa shape index (κ2) is 7.76. The molecule has 5 nitrogen and oxygen atoms in total. The first-order valence-corrected chi connectivity index (χ1v) is 10.2. The SMILES string of the molecule is c1cnc(O[C@@H]2CCN(c3cc4ccccc4cn3)C2)c(C2CCOCC2)c1. The number of hydrogen-bond acceptors (Lipinski definition) is 5. The lowest BCUT2D eigenvalue weighted by Gasteiger charge is -2.25. The van der Waals surface area contributed by atoms with Gasteiger partial charge in [-0.05, 0) is 36.3 Å². The highest BCUT2D eigenvalue weighted by molar-refractivity contribution is 5.83. The Hall–Kier alpha value is -2.66. The molecule has 0 radical (unpaired) electrons. The summed E-state index contributed by atoms with van der Waals surface area (Å²) in [6, 6.07) is 14.7. The fourth-order valence-corrected chi connectivity index (χ4v) is 4.26. The molecule has 0 aliphatic carbocycles. The van der Waals surface area contributed by atoms with Crippen molar-refractivity contribution in [2.45, 2.75) is 31.3 Å². The van der Waals surface area contributed by atoms with Gasteiger partial charge in [0.05, 0.1) is 6.54 Å². The number of rotatable bonds is 4. The lowest BCUT2D eigenvalue weighted by molar-refractivity contribution is 0.0840. The molecule has 0 N–H and O–H groups in total. The molecule has 2 aliphatic heterocycles. The first-order valence-electron chi connectivity index (χ1n) is 10.2. The van der Waals surface area contributed by atoms with Crippen molar-refractivity contribution in [1.82, 2.24) is 9.97 Å². The van der Waals surface area contributed by atoms with Crippen molar-refractivity contribution in [2.24, 2.45) is 0 Å². The molecule has 2 fully saturated rings. The molecule has 0 spiro atoms. The molecule has 2 aliphatic rings. The largest absolute Gasteiger partial charge is 0.472 e. The summed E-state index contributed by atoms with van der Waals surface area (Å²) in [5, 5.41) is 2.40. The zero-order valence-electron chi connectivity index (χ0n) is 16.0. The molecule has 2 saturated heterocycles. The third-order valence-electron chi connectivity index (χ3n) is 5.83. The number of aromatic nitrogens is 2. The van der Waals surface area contributed by atoms with Crippen molar-refractivity contribution in [3.8, 4) is 5.88 Å². The minimum absolute atomic E-state index is 0.141. The summed E-state index contributed by atoms with van der Waals surface area (Å²) < 4.78 is 11.9. The predicted octanol–water partition coefficient (Wildman–Crippen LogP) is 4.18. The topological polar surface area (TPSA) is 47.5 Å². The first kappa shape index (κ1) is 17.4. The molecule has 4 heterocycles.